The second kappa shape index (κ2) is 12.8. The van der Waals surface area contributed by atoms with Crippen LogP contribution in [0.5, 0.6) is 0 Å². The van der Waals surface area contributed by atoms with Crippen LogP contribution in [-0.4, -0.2) is 53.0 Å². The Labute approximate surface area is 189 Å². The van der Waals surface area contributed by atoms with Crippen LogP contribution in [0.1, 0.15) is 46.6 Å². The first kappa shape index (κ1) is 27.1. The lowest BCUT2D eigenvalue weighted by molar-refractivity contribution is -0.143. The van der Waals surface area contributed by atoms with Crippen molar-refractivity contribution in [3.05, 3.63) is 35.9 Å². The van der Waals surface area contributed by atoms with Gasteiger partial charge in [0.25, 0.3) is 0 Å². The van der Waals surface area contributed by atoms with Crippen LogP contribution in [0, 0.1) is 11.8 Å². The van der Waals surface area contributed by atoms with Gasteiger partial charge in [0.2, 0.25) is 17.7 Å². The van der Waals surface area contributed by atoms with E-state index in [2.05, 4.69) is 16.0 Å². The number of amides is 3. The minimum Gasteiger partial charge on any atom is -0.480 e. The molecule has 0 spiro atoms. The highest BCUT2D eigenvalue weighted by atomic mass is 16.4. The van der Waals surface area contributed by atoms with Gasteiger partial charge in [0.05, 0.1) is 6.04 Å². The van der Waals surface area contributed by atoms with Gasteiger partial charge < -0.3 is 26.8 Å². The summed E-state index contributed by atoms with van der Waals surface area (Å²) in [6, 6.07) is 5.37. The van der Waals surface area contributed by atoms with E-state index in [1.165, 1.54) is 6.92 Å². The smallest absolute Gasteiger partial charge is 0.326 e. The van der Waals surface area contributed by atoms with Gasteiger partial charge in [-0.25, -0.2) is 4.79 Å². The SMILES string of the molecule is CC(C)CC(N)C(=O)NC(Cc1ccccc1)C(=O)NC(C)C(=O)NC(C(=O)O)C(C)C. The van der Waals surface area contributed by atoms with E-state index in [0.717, 1.165) is 5.56 Å². The van der Waals surface area contributed by atoms with Crippen LogP contribution in [0.4, 0.5) is 0 Å². The maximum absolute atomic E-state index is 12.9. The zero-order valence-corrected chi connectivity index (χ0v) is 19.4. The molecule has 0 fully saturated rings. The van der Waals surface area contributed by atoms with Crippen LogP contribution in [0.3, 0.4) is 0 Å². The number of carbonyl (C=O) groups is 4. The van der Waals surface area contributed by atoms with Crippen LogP contribution >= 0.6 is 0 Å². The maximum Gasteiger partial charge on any atom is 0.326 e. The number of carboxylic acid groups (broad SMARTS) is 1. The van der Waals surface area contributed by atoms with Gasteiger partial charge in [-0.3, -0.25) is 14.4 Å². The molecule has 0 aliphatic heterocycles. The van der Waals surface area contributed by atoms with Gasteiger partial charge in [-0.1, -0.05) is 58.0 Å². The van der Waals surface area contributed by atoms with Crippen molar-refractivity contribution in [2.45, 2.75) is 71.6 Å². The summed E-state index contributed by atoms with van der Waals surface area (Å²) >= 11 is 0. The summed E-state index contributed by atoms with van der Waals surface area (Å²) in [6.45, 7) is 8.70. The van der Waals surface area contributed by atoms with Crippen LogP contribution in [0.25, 0.3) is 0 Å². The molecule has 3 amide bonds. The van der Waals surface area contributed by atoms with Crippen molar-refractivity contribution in [2.24, 2.45) is 17.6 Å². The number of hydrogen-bond acceptors (Lipinski definition) is 5. The molecule has 1 rings (SSSR count). The Hall–Kier alpha value is -2.94. The second-order valence-electron chi connectivity index (χ2n) is 8.79. The summed E-state index contributed by atoms with van der Waals surface area (Å²) in [5.74, 6) is -2.90. The Morgan fingerprint density at radius 3 is 1.97 bits per heavy atom. The number of carbonyl (C=O) groups excluding carboxylic acids is 3. The molecule has 0 bridgehead atoms. The summed E-state index contributed by atoms with van der Waals surface area (Å²) in [5.41, 5.74) is 6.78. The maximum atomic E-state index is 12.9. The minimum absolute atomic E-state index is 0.212. The lowest BCUT2D eigenvalue weighted by Gasteiger charge is -2.24. The average molecular weight is 449 g/mol. The molecule has 1 aromatic carbocycles. The second-order valence-corrected chi connectivity index (χ2v) is 8.79. The highest BCUT2D eigenvalue weighted by Gasteiger charge is 2.29. The molecule has 1 aromatic rings. The van der Waals surface area contributed by atoms with Gasteiger partial charge in [0.15, 0.2) is 0 Å². The van der Waals surface area contributed by atoms with E-state index >= 15 is 0 Å². The van der Waals surface area contributed by atoms with E-state index in [0.29, 0.717) is 6.42 Å². The van der Waals surface area contributed by atoms with E-state index in [9.17, 15) is 24.3 Å². The summed E-state index contributed by atoms with van der Waals surface area (Å²) in [6.07, 6.45) is 0.682. The standard InChI is InChI=1S/C23H36N4O5/c1-13(2)11-17(24)21(29)26-18(12-16-9-7-6-8-10-16)22(30)25-15(5)20(28)27-19(14(3)4)23(31)32/h6-10,13-15,17-19H,11-12,24H2,1-5H3,(H,25,30)(H,26,29)(H,27,28)(H,31,32). The molecule has 6 N–H and O–H groups in total. The molecule has 0 heterocycles. The van der Waals surface area contributed by atoms with Crippen molar-refractivity contribution in [1.82, 2.24) is 16.0 Å². The van der Waals surface area contributed by atoms with Crippen molar-refractivity contribution in [3.63, 3.8) is 0 Å². The molecule has 4 atom stereocenters. The lowest BCUT2D eigenvalue weighted by atomic mass is 10.0. The number of carboxylic acids is 1. The van der Waals surface area contributed by atoms with Crippen molar-refractivity contribution < 1.29 is 24.3 Å². The van der Waals surface area contributed by atoms with E-state index in [1.54, 1.807) is 13.8 Å². The fraction of sp³-hybridized carbons (Fsp3) is 0.565. The largest absolute Gasteiger partial charge is 0.480 e. The predicted octanol–water partition coefficient (Wildman–Crippen LogP) is 0.817. The van der Waals surface area contributed by atoms with E-state index in [-0.39, 0.29) is 18.3 Å². The van der Waals surface area contributed by atoms with E-state index < -0.39 is 47.9 Å². The highest BCUT2D eigenvalue weighted by Crippen LogP contribution is 2.07. The topological polar surface area (TPSA) is 151 Å². The van der Waals surface area contributed by atoms with Gasteiger partial charge in [-0.15, -0.1) is 0 Å². The Morgan fingerprint density at radius 2 is 1.47 bits per heavy atom. The number of benzene rings is 1. The normalized spacial score (nSPS) is 14.9. The molecule has 0 saturated carbocycles. The summed E-state index contributed by atoms with van der Waals surface area (Å²) in [7, 11) is 0. The number of nitrogens with two attached hydrogens (primary N) is 1. The molecule has 178 valence electrons. The zero-order valence-electron chi connectivity index (χ0n) is 19.4. The Kier molecular flexibility index (Phi) is 10.8. The molecule has 0 aromatic heterocycles. The number of hydrogen-bond donors (Lipinski definition) is 5. The molecule has 0 saturated heterocycles. The van der Waals surface area contributed by atoms with Gasteiger partial charge in [0.1, 0.15) is 18.1 Å². The molecule has 0 radical (unpaired) electrons. The van der Waals surface area contributed by atoms with Gasteiger partial charge in [0, 0.05) is 6.42 Å². The predicted molar refractivity (Wildman–Crippen MR) is 122 cm³/mol. The first-order valence-electron chi connectivity index (χ1n) is 10.9. The number of nitrogens with one attached hydrogen (secondary N) is 3. The third kappa shape index (κ3) is 9.05. The fourth-order valence-corrected chi connectivity index (χ4v) is 3.12. The third-order valence-corrected chi connectivity index (χ3v) is 4.96. The first-order valence-corrected chi connectivity index (χ1v) is 10.9. The van der Waals surface area contributed by atoms with Crippen molar-refractivity contribution in [1.29, 1.82) is 0 Å². The number of aliphatic carboxylic acids is 1. The van der Waals surface area contributed by atoms with Gasteiger partial charge in [-0.2, -0.15) is 0 Å². The molecule has 0 aliphatic rings. The summed E-state index contributed by atoms with van der Waals surface area (Å²) < 4.78 is 0. The van der Waals surface area contributed by atoms with Crippen LogP contribution in [0.2, 0.25) is 0 Å². The molecule has 0 aliphatic carbocycles. The zero-order chi connectivity index (χ0) is 24.4. The van der Waals surface area contributed by atoms with Gasteiger partial charge >= 0.3 is 5.97 Å². The Morgan fingerprint density at radius 1 is 0.875 bits per heavy atom. The molecule has 9 heteroatoms. The summed E-state index contributed by atoms with van der Waals surface area (Å²) in [5, 5.41) is 16.9. The number of rotatable bonds is 12. The molecule has 4 unspecified atom stereocenters. The molecule has 32 heavy (non-hydrogen) atoms. The Bertz CT molecular complexity index is 782. The van der Waals surface area contributed by atoms with Crippen LogP contribution in [0.15, 0.2) is 30.3 Å². The fourth-order valence-electron chi connectivity index (χ4n) is 3.12. The molecular formula is C23H36N4O5. The first-order chi connectivity index (χ1) is 14.9. The quantitative estimate of drug-likeness (QED) is 0.319. The van der Waals surface area contributed by atoms with Gasteiger partial charge in [-0.05, 0) is 30.7 Å². The third-order valence-electron chi connectivity index (χ3n) is 4.96. The lowest BCUT2D eigenvalue weighted by Crippen LogP contribution is -2.57. The van der Waals surface area contributed by atoms with Crippen LogP contribution < -0.4 is 21.7 Å². The van der Waals surface area contributed by atoms with E-state index in [1.807, 2.05) is 44.2 Å². The summed E-state index contributed by atoms with van der Waals surface area (Å²) in [4.78, 5) is 49.2. The highest BCUT2D eigenvalue weighted by molar-refractivity contribution is 5.94. The molecular weight excluding hydrogens is 412 g/mol. The Balaban J connectivity index is 2.90. The van der Waals surface area contributed by atoms with Crippen molar-refractivity contribution in [3.8, 4) is 0 Å². The molecule has 9 nitrogen and oxygen atoms in total. The van der Waals surface area contributed by atoms with E-state index in [4.69, 9.17) is 5.73 Å². The van der Waals surface area contributed by atoms with Crippen molar-refractivity contribution >= 4 is 23.7 Å². The van der Waals surface area contributed by atoms with Crippen LogP contribution in [-0.2, 0) is 25.6 Å². The minimum atomic E-state index is -1.15. The average Bonchev–Trinajstić information content (AvgIpc) is 2.70. The monoisotopic (exact) mass is 448 g/mol. The van der Waals surface area contributed by atoms with Crippen molar-refractivity contribution in [2.75, 3.05) is 0 Å².